The number of phenols is 1. The van der Waals surface area contributed by atoms with Crippen molar-refractivity contribution in [3.05, 3.63) is 35.0 Å². The smallest absolute Gasteiger partial charge is 0.246 e. The number of amides is 3. The molecule has 4 N–H and O–H groups in total. The molecule has 1 aromatic carbocycles. The fourth-order valence-corrected chi connectivity index (χ4v) is 4.99. The highest BCUT2D eigenvalue weighted by molar-refractivity contribution is 7.13. The number of aromatic hydroxyl groups is 1. The minimum atomic E-state index is -0.910. The van der Waals surface area contributed by atoms with Crippen LogP contribution in [0.2, 0.25) is 0 Å². The number of methoxy groups -OCH3 is 1. The molecule has 0 aliphatic carbocycles. The first-order valence-corrected chi connectivity index (χ1v) is 12.6. The highest BCUT2D eigenvalue weighted by atomic mass is 32.1. The van der Waals surface area contributed by atoms with Gasteiger partial charge in [-0.05, 0) is 24.0 Å². The highest BCUT2D eigenvalue weighted by Gasteiger charge is 2.44. The zero-order chi connectivity index (χ0) is 26.6. The van der Waals surface area contributed by atoms with Gasteiger partial charge in [-0.2, -0.15) is 0 Å². The van der Waals surface area contributed by atoms with Crippen LogP contribution < -0.4 is 10.6 Å². The van der Waals surface area contributed by atoms with Crippen LogP contribution in [0.4, 0.5) is 0 Å². The van der Waals surface area contributed by atoms with Gasteiger partial charge in [0.25, 0.3) is 0 Å². The Morgan fingerprint density at radius 3 is 2.61 bits per heavy atom. The van der Waals surface area contributed by atoms with Gasteiger partial charge < -0.3 is 30.5 Å². The molecule has 0 radical (unpaired) electrons. The van der Waals surface area contributed by atoms with Crippen LogP contribution in [0.25, 0.3) is 10.4 Å². The normalized spacial score (nSPS) is 18.7. The summed E-state index contributed by atoms with van der Waals surface area (Å²) in [5, 5.41) is 26.2. The van der Waals surface area contributed by atoms with E-state index in [2.05, 4.69) is 15.6 Å². The molecule has 1 fully saturated rings. The second-order valence-corrected chi connectivity index (χ2v) is 10.9. The van der Waals surface area contributed by atoms with E-state index in [1.165, 1.54) is 23.3 Å². The summed E-state index contributed by atoms with van der Waals surface area (Å²) < 4.78 is 4.85. The number of aliphatic hydroxyl groups excluding tert-OH is 1. The number of rotatable bonds is 8. The lowest BCUT2D eigenvalue weighted by atomic mass is 9.85. The van der Waals surface area contributed by atoms with E-state index in [0.29, 0.717) is 5.56 Å². The van der Waals surface area contributed by atoms with E-state index in [1.807, 2.05) is 33.8 Å². The number of carbonyl (C=O) groups excluding carboxylic acids is 3. The number of ether oxygens (including phenoxy) is 1. The predicted molar refractivity (Wildman–Crippen MR) is 135 cm³/mol. The van der Waals surface area contributed by atoms with E-state index in [4.69, 9.17) is 4.74 Å². The Kier molecular flexibility index (Phi) is 8.70. The van der Waals surface area contributed by atoms with Gasteiger partial charge in [-0.3, -0.25) is 14.4 Å². The summed E-state index contributed by atoms with van der Waals surface area (Å²) in [5.41, 5.74) is 3.33. The molecule has 36 heavy (non-hydrogen) atoms. The Balaban J connectivity index is 1.71. The Morgan fingerprint density at radius 1 is 1.31 bits per heavy atom. The number of aliphatic hydroxyl groups is 1. The molecule has 1 aromatic heterocycles. The van der Waals surface area contributed by atoms with Gasteiger partial charge in [-0.15, -0.1) is 11.3 Å². The third-order valence-electron chi connectivity index (χ3n) is 6.10. The summed E-state index contributed by atoms with van der Waals surface area (Å²) >= 11 is 1.48. The largest absolute Gasteiger partial charge is 0.508 e. The first-order valence-electron chi connectivity index (χ1n) is 11.7. The predicted octanol–water partition coefficient (Wildman–Crippen LogP) is 1.58. The van der Waals surface area contributed by atoms with Gasteiger partial charge in [0.05, 0.1) is 22.2 Å². The third kappa shape index (κ3) is 6.40. The van der Waals surface area contributed by atoms with Crippen molar-refractivity contribution in [2.75, 3.05) is 20.3 Å². The maximum atomic E-state index is 13.4. The van der Waals surface area contributed by atoms with Crippen molar-refractivity contribution in [1.29, 1.82) is 0 Å². The molecule has 0 spiro atoms. The maximum absolute atomic E-state index is 13.4. The molecule has 2 heterocycles. The molecule has 3 amide bonds. The zero-order valence-corrected chi connectivity index (χ0v) is 22.0. The van der Waals surface area contributed by atoms with E-state index in [9.17, 15) is 24.6 Å². The second-order valence-electron chi connectivity index (χ2n) is 10.0. The number of aromatic nitrogens is 1. The minimum Gasteiger partial charge on any atom is -0.508 e. The minimum absolute atomic E-state index is 0.0161. The summed E-state index contributed by atoms with van der Waals surface area (Å²) in [6.07, 6.45) is -0.786. The van der Waals surface area contributed by atoms with Gasteiger partial charge in [0.1, 0.15) is 24.4 Å². The third-order valence-corrected chi connectivity index (χ3v) is 7.08. The average Bonchev–Trinajstić information content (AvgIpc) is 3.41. The summed E-state index contributed by atoms with van der Waals surface area (Å²) in [7, 11) is 1.39. The van der Waals surface area contributed by atoms with Crippen LogP contribution in [-0.2, 0) is 25.7 Å². The van der Waals surface area contributed by atoms with Crippen molar-refractivity contribution in [1.82, 2.24) is 20.5 Å². The summed E-state index contributed by atoms with van der Waals surface area (Å²) in [6, 6.07) is 3.41. The summed E-state index contributed by atoms with van der Waals surface area (Å²) in [6.45, 7) is 7.16. The lowest BCUT2D eigenvalue weighted by molar-refractivity contribution is -0.144. The van der Waals surface area contributed by atoms with Crippen molar-refractivity contribution >= 4 is 29.1 Å². The molecule has 196 valence electrons. The van der Waals surface area contributed by atoms with E-state index in [0.717, 1.165) is 16.1 Å². The van der Waals surface area contributed by atoms with E-state index < -0.39 is 41.3 Å². The number of thiazole rings is 1. The molecule has 1 aliphatic rings. The Labute approximate surface area is 214 Å². The van der Waals surface area contributed by atoms with Gasteiger partial charge in [-0.25, -0.2) is 4.98 Å². The number of hydrogen-bond acceptors (Lipinski definition) is 8. The lowest BCUT2D eigenvalue weighted by Gasteiger charge is -2.35. The molecule has 1 saturated heterocycles. The maximum Gasteiger partial charge on any atom is 0.246 e. The van der Waals surface area contributed by atoms with Crippen LogP contribution in [0.5, 0.6) is 5.75 Å². The number of nitrogens with one attached hydrogen (secondary N) is 2. The number of aryl methyl sites for hydroxylation is 1. The molecule has 0 bridgehead atoms. The molecular formula is C25H34N4O6S. The van der Waals surface area contributed by atoms with Gasteiger partial charge in [0.2, 0.25) is 17.7 Å². The molecule has 10 nitrogen and oxygen atoms in total. The molecule has 3 rings (SSSR count). The quantitative estimate of drug-likeness (QED) is 0.416. The summed E-state index contributed by atoms with van der Waals surface area (Å²) in [5.74, 6) is -1.30. The second kappa shape index (κ2) is 11.4. The molecular weight excluding hydrogens is 484 g/mol. The molecule has 2 aromatic rings. The number of likely N-dealkylation sites (tertiary alicyclic amines) is 1. The molecule has 3 atom stereocenters. The number of β-amino-alcohol motifs (C(OH)–C–C–N with tert-alkyl or cyclic N) is 1. The van der Waals surface area contributed by atoms with Crippen molar-refractivity contribution in [3.8, 4) is 16.2 Å². The van der Waals surface area contributed by atoms with Gasteiger partial charge in [0.15, 0.2) is 0 Å². The first-order chi connectivity index (χ1) is 16.9. The van der Waals surface area contributed by atoms with Crippen LogP contribution in [0.1, 0.15) is 38.4 Å². The Morgan fingerprint density at radius 2 is 2.03 bits per heavy atom. The topological polar surface area (TPSA) is 141 Å². The number of benzene rings is 1. The number of nitrogens with zero attached hydrogens (tertiary/aromatic N) is 2. The van der Waals surface area contributed by atoms with E-state index in [-0.39, 0.29) is 31.9 Å². The molecule has 11 heteroatoms. The lowest BCUT2D eigenvalue weighted by Crippen LogP contribution is -2.58. The van der Waals surface area contributed by atoms with E-state index >= 15 is 0 Å². The Bertz CT molecular complexity index is 1110. The average molecular weight is 519 g/mol. The molecule has 0 saturated carbocycles. The van der Waals surface area contributed by atoms with Crippen molar-refractivity contribution < 1.29 is 29.3 Å². The van der Waals surface area contributed by atoms with Crippen LogP contribution in [0, 0.1) is 12.3 Å². The Hall–Kier alpha value is -3.02. The van der Waals surface area contributed by atoms with Crippen molar-refractivity contribution in [2.45, 2.75) is 58.8 Å². The highest BCUT2D eigenvalue weighted by Crippen LogP contribution is 2.31. The van der Waals surface area contributed by atoms with Crippen molar-refractivity contribution in [2.24, 2.45) is 5.41 Å². The van der Waals surface area contributed by atoms with Crippen LogP contribution in [0.3, 0.4) is 0 Å². The van der Waals surface area contributed by atoms with Crippen molar-refractivity contribution in [3.63, 3.8) is 0 Å². The number of carbonyl (C=O) groups is 3. The standard InChI is InChI=1S/C25H34N4O6S/c1-14-21(36-13-27-14)15-6-7-16(19(31)8-15)10-26-23(33)18-9-17(30)11-29(18)24(34)22(25(2,3)4)28-20(32)12-35-5/h6-8,13,17-18,22,30-31H,9-12H2,1-5H3,(H,26,33)(H,28,32)/t17-,18-,22+/m0/s1. The number of hydrogen-bond donors (Lipinski definition) is 4. The zero-order valence-electron chi connectivity index (χ0n) is 21.2. The SMILES string of the molecule is COCC(=O)N[C@H](C(=O)N1C[C@@H](O)C[C@H]1C(=O)NCc1ccc(-c2scnc2C)cc1O)C(C)(C)C. The van der Waals surface area contributed by atoms with Crippen LogP contribution in [-0.4, -0.2) is 76.3 Å². The number of phenolic OH excluding ortho intramolecular Hbond substituents is 1. The van der Waals surface area contributed by atoms with Crippen LogP contribution >= 0.6 is 11.3 Å². The first kappa shape index (κ1) is 27.6. The van der Waals surface area contributed by atoms with Crippen LogP contribution in [0.15, 0.2) is 23.7 Å². The molecule has 0 unspecified atom stereocenters. The van der Waals surface area contributed by atoms with Gasteiger partial charge in [-0.1, -0.05) is 32.9 Å². The van der Waals surface area contributed by atoms with Gasteiger partial charge in [0, 0.05) is 32.2 Å². The molecule has 1 aliphatic heterocycles. The van der Waals surface area contributed by atoms with Gasteiger partial charge >= 0.3 is 0 Å². The monoisotopic (exact) mass is 518 g/mol. The van der Waals surface area contributed by atoms with E-state index in [1.54, 1.807) is 17.6 Å². The summed E-state index contributed by atoms with van der Waals surface area (Å²) in [4.78, 5) is 45.2. The fraction of sp³-hybridized carbons (Fsp3) is 0.520. The fourth-order valence-electron chi connectivity index (χ4n) is 4.19.